The van der Waals surface area contributed by atoms with Gasteiger partial charge in [-0.2, -0.15) is 0 Å². The number of benzene rings is 2. The van der Waals surface area contributed by atoms with Gasteiger partial charge < -0.3 is 9.84 Å². The topological polar surface area (TPSA) is 49.8 Å². The monoisotopic (exact) mass is 469 g/mol. The summed E-state index contributed by atoms with van der Waals surface area (Å²) in [4.78, 5) is 13.0. The summed E-state index contributed by atoms with van der Waals surface area (Å²) in [7, 11) is 0. The van der Waals surface area contributed by atoms with E-state index < -0.39 is 5.97 Å². The van der Waals surface area contributed by atoms with Crippen LogP contribution >= 0.6 is 39.6 Å². The molecule has 0 fully saturated rings. The van der Waals surface area contributed by atoms with E-state index in [0.717, 1.165) is 35.3 Å². The quantitative estimate of drug-likeness (QED) is 0.334. The van der Waals surface area contributed by atoms with Gasteiger partial charge in [-0.3, -0.25) is 0 Å². The van der Waals surface area contributed by atoms with Crippen LogP contribution in [-0.4, -0.2) is 40.8 Å². The summed E-state index contributed by atoms with van der Waals surface area (Å²) in [5, 5.41) is 8.71. The van der Waals surface area contributed by atoms with Gasteiger partial charge in [0, 0.05) is 33.1 Å². The molecule has 0 aliphatic heterocycles. The van der Waals surface area contributed by atoms with Crippen LogP contribution in [0.15, 0.2) is 56.7 Å². The van der Waals surface area contributed by atoms with Crippen LogP contribution in [0.4, 0.5) is 0 Å². The smallest absolute Gasteiger partial charge is 0.341 e. The van der Waals surface area contributed by atoms with E-state index in [4.69, 9.17) is 9.84 Å². The molecule has 2 aromatic rings. The van der Waals surface area contributed by atoms with Crippen molar-refractivity contribution in [3.63, 3.8) is 0 Å². The molecule has 2 rings (SSSR count). The summed E-state index contributed by atoms with van der Waals surface area (Å²) >= 11 is 7.07. The second-order valence-electron chi connectivity index (χ2n) is 5.93. The van der Waals surface area contributed by atoms with Crippen molar-refractivity contribution < 1.29 is 14.6 Å². The van der Waals surface area contributed by atoms with E-state index in [2.05, 4.69) is 51.4 Å². The number of thioether (sulfide) groups is 1. The number of aryl methyl sites for hydroxylation is 1. The number of aliphatic carboxylic acids is 1. The van der Waals surface area contributed by atoms with Crippen molar-refractivity contribution >= 4 is 45.6 Å². The first-order valence-electron chi connectivity index (χ1n) is 8.74. The first-order chi connectivity index (χ1) is 13.0. The second kappa shape index (κ2) is 11.6. The number of nitrogens with zero attached hydrogens (tertiary/aromatic N) is 1. The molecule has 0 aromatic heterocycles. The molecule has 0 bridgehead atoms. The summed E-state index contributed by atoms with van der Waals surface area (Å²) < 4.78 is 8.77. The first kappa shape index (κ1) is 22.1. The minimum Gasteiger partial charge on any atom is -0.482 e. The molecule has 0 unspecified atom stereocenters. The van der Waals surface area contributed by atoms with E-state index in [1.54, 1.807) is 23.7 Å². The number of carboxylic acid groups (broad SMARTS) is 1. The Kier molecular flexibility index (Phi) is 9.54. The standard InChI is InChI=1S/C20H24BrNO3S2/c1-3-10-22(27-17-6-4-16(21)5-7-17)11-12-26-18-8-9-19(15(2)13-18)25-14-20(23)24/h4-9,13H,3,10-12,14H2,1-2H3,(H,23,24). The molecule has 1 N–H and O–H groups in total. The van der Waals surface area contributed by atoms with Gasteiger partial charge in [0.2, 0.25) is 0 Å². The van der Waals surface area contributed by atoms with E-state index in [1.165, 1.54) is 9.79 Å². The predicted molar refractivity (Wildman–Crippen MR) is 117 cm³/mol. The minimum absolute atomic E-state index is 0.313. The van der Waals surface area contributed by atoms with Crippen LogP contribution in [0.3, 0.4) is 0 Å². The third-order valence-corrected chi connectivity index (χ3v) is 6.24. The van der Waals surface area contributed by atoms with Crippen molar-refractivity contribution in [2.75, 3.05) is 25.4 Å². The molecule has 7 heteroatoms. The lowest BCUT2D eigenvalue weighted by molar-refractivity contribution is -0.139. The summed E-state index contributed by atoms with van der Waals surface area (Å²) in [5.74, 6) is 0.644. The SMILES string of the molecule is CCCN(CCSc1ccc(OCC(=O)O)c(C)c1)Sc1ccc(Br)cc1. The van der Waals surface area contributed by atoms with Gasteiger partial charge in [-0.15, -0.1) is 11.8 Å². The maximum absolute atomic E-state index is 10.6. The highest BCUT2D eigenvalue weighted by Gasteiger charge is 2.08. The Hall–Kier alpha value is -1.15. The number of carbonyl (C=O) groups is 1. The van der Waals surface area contributed by atoms with Gasteiger partial charge in [0.15, 0.2) is 6.61 Å². The lowest BCUT2D eigenvalue weighted by Crippen LogP contribution is -2.19. The third kappa shape index (κ3) is 8.17. The highest BCUT2D eigenvalue weighted by Crippen LogP contribution is 2.28. The summed E-state index contributed by atoms with van der Waals surface area (Å²) in [6, 6.07) is 14.3. The van der Waals surface area contributed by atoms with E-state index in [0.29, 0.717) is 5.75 Å². The van der Waals surface area contributed by atoms with Crippen LogP contribution in [0.1, 0.15) is 18.9 Å². The summed E-state index contributed by atoms with van der Waals surface area (Å²) in [6.45, 7) is 5.85. The molecular formula is C20H24BrNO3S2. The fourth-order valence-electron chi connectivity index (χ4n) is 2.38. The molecule has 27 heavy (non-hydrogen) atoms. The van der Waals surface area contributed by atoms with Crippen LogP contribution in [-0.2, 0) is 4.79 Å². The first-order valence-corrected chi connectivity index (χ1v) is 11.3. The van der Waals surface area contributed by atoms with E-state index in [9.17, 15) is 4.79 Å². The van der Waals surface area contributed by atoms with Crippen LogP contribution in [0.25, 0.3) is 0 Å². The molecule has 0 saturated heterocycles. The van der Waals surface area contributed by atoms with Gasteiger partial charge in [-0.25, -0.2) is 9.10 Å². The zero-order valence-corrected chi connectivity index (χ0v) is 18.7. The van der Waals surface area contributed by atoms with Crippen molar-refractivity contribution in [3.8, 4) is 5.75 Å². The van der Waals surface area contributed by atoms with Gasteiger partial charge >= 0.3 is 5.97 Å². The van der Waals surface area contributed by atoms with Crippen LogP contribution in [0, 0.1) is 6.92 Å². The number of rotatable bonds is 11. The molecule has 146 valence electrons. The molecule has 0 atom stereocenters. The van der Waals surface area contributed by atoms with Gasteiger partial charge in [0.05, 0.1) is 0 Å². The molecule has 0 radical (unpaired) electrons. The Bertz CT molecular complexity index is 741. The van der Waals surface area contributed by atoms with Crippen LogP contribution < -0.4 is 4.74 Å². The molecule has 0 saturated carbocycles. The van der Waals surface area contributed by atoms with Crippen molar-refractivity contribution in [2.24, 2.45) is 0 Å². The lowest BCUT2D eigenvalue weighted by Gasteiger charge is -2.20. The van der Waals surface area contributed by atoms with Crippen molar-refractivity contribution in [2.45, 2.75) is 30.1 Å². The normalized spacial score (nSPS) is 11.0. The van der Waals surface area contributed by atoms with Gasteiger partial charge in [-0.1, -0.05) is 22.9 Å². The Morgan fingerprint density at radius 1 is 1.15 bits per heavy atom. The molecule has 2 aromatic carbocycles. The van der Waals surface area contributed by atoms with Crippen LogP contribution in [0.2, 0.25) is 0 Å². The maximum Gasteiger partial charge on any atom is 0.341 e. The molecule has 0 aliphatic rings. The Morgan fingerprint density at radius 2 is 1.85 bits per heavy atom. The average Bonchev–Trinajstić information content (AvgIpc) is 2.63. The van der Waals surface area contributed by atoms with Gasteiger partial charge in [0.25, 0.3) is 0 Å². The Morgan fingerprint density at radius 3 is 2.48 bits per heavy atom. The van der Waals surface area contributed by atoms with Gasteiger partial charge in [0.1, 0.15) is 5.75 Å². The lowest BCUT2D eigenvalue weighted by atomic mass is 10.2. The maximum atomic E-state index is 10.6. The van der Waals surface area contributed by atoms with Crippen molar-refractivity contribution in [1.82, 2.24) is 4.31 Å². The zero-order valence-electron chi connectivity index (χ0n) is 15.5. The van der Waals surface area contributed by atoms with E-state index >= 15 is 0 Å². The molecule has 0 amide bonds. The zero-order chi connectivity index (χ0) is 19.6. The van der Waals surface area contributed by atoms with E-state index in [-0.39, 0.29) is 6.61 Å². The summed E-state index contributed by atoms with van der Waals surface area (Å²) in [5.41, 5.74) is 0.955. The van der Waals surface area contributed by atoms with Crippen molar-refractivity contribution in [1.29, 1.82) is 0 Å². The molecular weight excluding hydrogens is 446 g/mol. The number of ether oxygens (including phenoxy) is 1. The van der Waals surface area contributed by atoms with Crippen molar-refractivity contribution in [3.05, 3.63) is 52.5 Å². The largest absolute Gasteiger partial charge is 0.482 e. The fourth-order valence-corrected chi connectivity index (χ4v) is 4.74. The molecule has 0 aliphatic carbocycles. The van der Waals surface area contributed by atoms with Gasteiger partial charge in [-0.05, 0) is 73.3 Å². The average molecular weight is 470 g/mol. The molecule has 4 nitrogen and oxygen atoms in total. The molecule has 0 heterocycles. The third-order valence-electron chi connectivity index (χ3n) is 3.63. The predicted octanol–water partition coefficient (Wildman–Crippen LogP) is 5.73. The number of halogens is 1. The Labute approximate surface area is 177 Å². The van der Waals surface area contributed by atoms with E-state index in [1.807, 2.05) is 25.1 Å². The number of hydrogen-bond donors (Lipinski definition) is 1. The summed E-state index contributed by atoms with van der Waals surface area (Å²) in [6.07, 6.45) is 1.11. The Balaban J connectivity index is 1.85. The fraction of sp³-hybridized carbons (Fsp3) is 0.350. The minimum atomic E-state index is -0.966. The number of carboxylic acids is 1. The number of hydrogen-bond acceptors (Lipinski definition) is 5. The van der Waals surface area contributed by atoms with Crippen LogP contribution in [0.5, 0.6) is 5.75 Å². The molecule has 0 spiro atoms. The highest BCUT2D eigenvalue weighted by molar-refractivity contribution is 9.10. The second-order valence-corrected chi connectivity index (χ2v) is 9.19. The highest BCUT2D eigenvalue weighted by atomic mass is 79.9.